The molecule has 1 aliphatic heterocycles. The Morgan fingerprint density at radius 2 is 1.52 bits per heavy atom. The summed E-state index contributed by atoms with van der Waals surface area (Å²) in [6, 6.07) is 1.07. The van der Waals surface area contributed by atoms with Gasteiger partial charge in [-0.05, 0) is 38.5 Å². The van der Waals surface area contributed by atoms with E-state index >= 15 is 0 Å². The van der Waals surface area contributed by atoms with Crippen LogP contribution in [-0.2, 0) is 4.79 Å². The molecule has 23 heavy (non-hydrogen) atoms. The van der Waals surface area contributed by atoms with E-state index in [9.17, 15) is 4.79 Å². The third-order valence-corrected chi connectivity index (χ3v) is 6.40. The van der Waals surface area contributed by atoms with Crippen LogP contribution in [0.2, 0.25) is 0 Å². The molecule has 2 heteroatoms. The zero-order chi connectivity index (χ0) is 16.2. The maximum absolute atomic E-state index is 13.4. The van der Waals surface area contributed by atoms with Gasteiger partial charge in [-0.15, -0.1) is 0 Å². The molecule has 1 amide bonds. The van der Waals surface area contributed by atoms with Crippen molar-refractivity contribution in [2.45, 2.75) is 109 Å². The summed E-state index contributed by atoms with van der Waals surface area (Å²) in [5.74, 6) is 1.12. The van der Waals surface area contributed by atoms with Crippen LogP contribution in [0.5, 0.6) is 0 Å². The fraction of sp³-hybridized carbons (Fsp3) is 0.857. The van der Waals surface area contributed by atoms with Gasteiger partial charge in [-0.2, -0.15) is 0 Å². The molecule has 2 nitrogen and oxygen atoms in total. The van der Waals surface area contributed by atoms with Crippen molar-refractivity contribution >= 4 is 5.91 Å². The number of fused-ring (bicyclic) bond motifs is 1. The smallest absolute Gasteiger partial charge is 0.250 e. The summed E-state index contributed by atoms with van der Waals surface area (Å²) in [6.45, 7) is 4.49. The Morgan fingerprint density at radius 3 is 2.22 bits per heavy atom. The molecule has 0 N–H and O–H groups in total. The topological polar surface area (TPSA) is 20.3 Å². The van der Waals surface area contributed by atoms with Gasteiger partial charge < -0.3 is 4.90 Å². The molecule has 130 valence electrons. The summed E-state index contributed by atoms with van der Waals surface area (Å²) in [7, 11) is 0. The molecule has 2 unspecified atom stereocenters. The van der Waals surface area contributed by atoms with E-state index in [2.05, 4.69) is 18.7 Å². The van der Waals surface area contributed by atoms with Crippen molar-refractivity contribution in [3.63, 3.8) is 0 Å². The molecule has 0 bridgehead atoms. The van der Waals surface area contributed by atoms with Crippen molar-refractivity contribution in [3.05, 3.63) is 11.1 Å². The summed E-state index contributed by atoms with van der Waals surface area (Å²) in [5, 5.41) is 0. The van der Waals surface area contributed by atoms with Crippen LogP contribution in [0.1, 0.15) is 97.3 Å². The van der Waals surface area contributed by atoms with Crippen LogP contribution in [0.3, 0.4) is 0 Å². The molecule has 0 aromatic carbocycles. The molecule has 0 aromatic rings. The Bertz CT molecular complexity index is 447. The average Bonchev–Trinajstić information content (AvgIpc) is 2.59. The van der Waals surface area contributed by atoms with Crippen molar-refractivity contribution in [2.24, 2.45) is 5.92 Å². The van der Waals surface area contributed by atoms with Gasteiger partial charge in [0.25, 0.3) is 0 Å². The summed E-state index contributed by atoms with van der Waals surface area (Å²) in [4.78, 5) is 15.8. The zero-order valence-electron chi connectivity index (χ0n) is 15.3. The van der Waals surface area contributed by atoms with Crippen molar-refractivity contribution in [1.29, 1.82) is 0 Å². The van der Waals surface area contributed by atoms with E-state index < -0.39 is 0 Å². The van der Waals surface area contributed by atoms with Crippen LogP contribution in [0.25, 0.3) is 0 Å². The Balaban J connectivity index is 1.95. The molecule has 0 saturated heterocycles. The Labute approximate surface area is 142 Å². The van der Waals surface area contributed by atoms with Gasteiger partial charge in [-0.25, -0.2) is 0 Å². The number of carbonyl (C=O) groups excluding carboxylic acids is 1. The molecular formula is C21H35NO. The summed E-state index contributed by atoms with van der Waals surface area (Å²) >= 11 is 0. The molecule has 2 atom stereocenters. The normalized spacial score (nSPS) is 29.8. The van der Waals surface area contributed by atoms with Crippen LogP contribution in [0.15, 0.2) is 11.1 Å². The number of hydrogen-bond acceptors (Lipinski definition) is 1. The molecule has 1 heterocycles. The number of amides is 1. The van der Waals surface area contributed by atoms with Gasteiger partial charge >= 0.3 is 0 Å². The fourth-order valence-corrected chi connectivity index (χ4v) is 5.44. The molecule has 0 radical (unpaired) electrons. The SMILES string of the molecule is CCCC1=C(CCC)C2CCCCC2N(C2CCCCC2)C1=O. The van der Waals surface area contributed by atoms with E-state index in [1.54, 1.807) is 5.57 Å². The number of rotatable bonds is 5. The predicted octanol–water partition coefficient (Wildman–Crippen LogP) is 5.62. The van der Waals surface area contributed by atoms with Gasteiger partial charge in [0.05, 0.1) is 0 Å². The lowest BCUT2D eigenvalue weighted by Gasteiger charge is -2.50. The van der Waals surface area contributed by atoms with E-state index in [4.69, 9.17) is 0 Å². The minimum absolute atomic E-state index is 0.436. The highest BCUT2D eigenvalue weighted by molar-refractivity contribution is 5.96. The second-order valence-electron chi connectivity index (χ2n) is 7.97. The predicted molar refractivity (Wildman–Crippen MR) is 96.3 cm³/mol. The number of carbonyl (C=O) groups is 1. The first-order valence-electron chi connectivity index (χ1n) is 10.3. The standard InChI is InChI=1S/C21H35NO/c1-3-10-17-18-14-8-9-15-20(18)22(16-12-6-5-7-13-16)21(23)19(17)11-4-2/h16,18,20H,3-15H2,1-2H3. The van der Waals surface area contributed by atoms with Gasteiger partial charge in [0, 0.05) is 23.6 Å². The highest BCUT2D eigenvalue weighted by Gasteiger charge is 2.44. The van der Waals surface area contributed by atoms with Crippen molar-refractivity contribution < 1.29 is 4.79 Å². The molecule has 2 saturated carbocycles. The van der Waals surface area contributed by atoms with Gasteiger partial charge in [-0.1, -0.05) is 64.4 Å². The van der Waals surface area contributed by atoms with Crippen LogP contribution in [-0.4, -0.2) is 22.9 Å². The van der Waals surface area contributed by atoms with E-state index in [0.717, 1.165) is 19.3 Å². The summed E-state index contributed by atoms with van der Waals surface area (Å²) in [5.41, 5.74) is 2.79. The quantitative estimate of drug-likeness (QED) is 0.644. The maximum atomic E-state index is 13.4. The van der Waals surface area contributed by atoms with Crippen LogP contribution in [0, 0.1) is 5.92 Å². The molecule has 2 aliphatic carbocycles. The molecule has 3 aliphatic rings. The van der Waals surface area contributed by atoms with Crippen LogP contribution >= 0.6 is 0 Å². The highest BCUT2D eigenvalue weighted by Crippen LogP contribution is 2.44. The first kappa shape index (κ1) is 17.0. The lowest BCUT2D eigenvalue weighted by molar-refractivity contribution is -0.137. The number of hydrogen-bond donors (Lipinski definition) is 0. The minimum atomic E-state index is 0.436. The third-order valence-electron chi connectivity index (χ3n) is 6.40. The zero-order valence-corrected chi connectivity index (χ0v) is 15.3. The maximum Gasteiger partial charge on any atom is 0.250 e. The van der Waals surface area contributed by atoms with E-state index in [0.29, 0.717) is 23.9 Å². The second kappa shape index (κ2) is 7.85. The van der Waals surface area contributed by atoms with Crippen LogP contribution in [0.4, 0.5) is 0 Å². The monoisotopic (exact) mass is 317 g/mol. The average molecular weight is 318 g/mol. The minimum Gasteiger partial charge on any atom is -0.332 e. The second-order valence-corrected chi connectivity index (χ2v) is 7.97. The summed E-state index contributed by atoms with van der Waals surface area (Å²) < 4.78 is 0. The Hall–Kier alpha value is -0.790. The van der Waals surface area contributed by atoms with Gasteiger partial charge in [-0.3, -0.25) is 4.79 Å². The van der Waals surface area contributed by atoms with Crippen molar-refractivity contribution in [3.8, 4) is 0 Å². The van der Waals surface area contributed by atoms with Crippen molar-refractivity contribution in [1.82, 2.24) is 4.90 Å². The van der Waals surface area contributed by atoms with Gasteiger partial charge in [0.15, 0.2) is 0 Å². The van der Waals surface area contributed by atoms with Gasteiger partial charge in [0.1, 0.15) is 0 Å². The first-order valence-corrected chi connectivity index (χ1v) is 10.3. The number of nitrogens with zero attached hydrogens (tertiary/aromatic N) is 1. The van der Waals surface area contributed by atoms with E-state index in [1.807, 2.05) is 0 Å². The molecule has 0 aromatic heterocycles. The molecular weight excluding hydrogens is 282 g/mol. The lowest BCUT2D eigenvalue weighted by atomic mass is 9.71. The third kappa shape index (κ3) is 3.37. The van der Waals surface area contributed by atoms with Crippen LogP contribution < -0.4 is 0 Å². The Kier molecular flexibility index (Phi) is 5.82. The van der Waals surface area contributed by atoms with Crippen molar-refractivity contribution in [2.75, 3.05) is 0 Å². The highest BCUT2D eigenvalue weighted by atomic mass is 16.2. The fourth-order valence-electron chi connectivity index (χ4n) is 5.44. The molecule has 2 fully saturated rings. The first-order chi connectivity index (χ1) is 11.3. The largest absolute Gasteiger partial charge is 0.332 e. The van der Waals surface area contributed by atoms with Gasteiger partial charge in [0.2, 0.25) is 5.91 Å². The Morgan fingerprint density at radius 1 is 0.870 bits per heavy atom. The van der Waals surface area contributed by atoms with E-state index in [1.165, 1.54) is 69.8 Å². The molecule has 0 spiro atoms. The lowest BCUT2D eigenvalue weighted by Crippen LogP contribution is -2.55. The summed E-state index contributed by atoms with van der Waals surface area (Å²) in [6.07, 6.45) is 16.2. The van der Waals surface area contributed by atoms with E-state index in [-0.39, 0.29) is 0 Å². The molecule has 3 rings (SSSR count).